The Labute approximate surface area is 103 Å². The number of methoxy groups -OCH3 is 1. The number of aliphatic carboxylic acids is 1. The summed E-state index contributed by atoms with van der Waals surface area (Å²) >= 11 is 0. The molecule has 0 spiro atoms. The predicted molar refractivity (Wildman–Crippen MR) is 67.0 cm³/mol. The number of benzene rings is 1. The van der Waals surface area contributed by atoms with Gasteiger partial charge in [0.15, 0.2) is 0 Å². The zero-order valence-electron chi connectivity index (χ0n) is 9.92. The summed E-state index contributed by atoms with van der Waals surface area (Å²) in [5.74, 6) is -0.234. The topological polar surface area (TPSA) is 68.5 Å². The fraction of sp³-hybridized carbons (Fsp3) is 0.231. The summed E-state index contributed by atoms with van der Waals surface area (Å²) in [5, 5.41) is 9.96. The van der Waals surface area contributed by atoms with E-state index in [0.717, 1.165) is 5.39 Å². The second-order valence-corrected chi connectivity index (χ2v) is 3.91. The first kappa shape index (κ1) is 12.2. The van der Waals surface area contributed by atoms with Crippen molar-refractivity contribution in [1.29, 1.82) is 0 Å². The third-order valence-electron chi connectivity index (χ3n) is 2.75. The van der Waals surface area contributed by atoms with Crippen LogP contribution in [0.4, 0.5) is 0 Å². The third kappa shape index (κ3) is 2.34. The van der Waals surface area contributed by atoms with E-state index in [0.29, 0.717) is 11.1 Å². The van der Waals surface area contributed by atoms with Crippen molar-refractivity contribution in [3.63, 3.8) is 0 Å². The normalized spacial score (nSPS) is 10.5. The number of aryl methyl sites for hydroxylation is 1. The minimum Gasteiger partial charge on any atom is -0.497 e. The molecule has 0 amide bonds. The van der Waals surface area contributed by atoms with Crippen LogP contribution < -0.4 is 10.3 Å². The molecule has 18 heavy (non-hydrogen) atoms. The fourth-order valence-electron chi connectivity index (χ4n) is 1.79. The van der Waals surface area contributed by atoms with E-state index < -0.39 is 5.97 Å². The molecule has 2 aromatic rings. The molecule has 5 heteroatoms. The Morgan fingerprint density at radius 1 is 1.39 bits per heavy atom. The minimum absolute atomic E-state index is 0.0679. The molecular formula is C13H13NO4. The Morgan fingerprint density at radius 3 is 2.83 bits per heavy atom. The summed E-state index contributed by atoms with van der Waals surface area (Å²) < 4.78 is 6.49. The van der Waals surface area contributed by atoms with Crippen LogP contribution in [0.3, 0.4) is 0 Å². The van der Waals surface area contributed by atoms with Gasteiger partial charge in [-0.05, 0) is 29.7 Å². The molecule has 1 heterocycles. The maximum Gasteiger partial charge on any atom is 0.305 e. The van der Waals surface area contributed by atoms with Gasteiger partial charge in [-0.25, -0.2) is 0 Å². The summed E-state index contributed by atoms with van der Waals surface area (Å²) in [6, 6.07) is 6.96. The quantitative estimate of drug-likeness (QED) is 0.888. The van der Waals surface area contributed by atoms with Gasteiger partial charge in [-0.2, -0.15) is 0 Å². The van der Waals surface area contributed by atoms with Crippen molar-refractivity contribution in [2.45, 2.75) is 13.0 Å². The van der Waals surface area contributed by atoms with Gasteiger partial charge in [0, 0.05) is 18.1 Å². The highest BCUT2D eigenvalue weighted by Gasteiger charge is 2.05. The van der Waals surface area contributed by atoms with Gasteiger partial charge in [0.05, 0.1) is 13.5 Å². The Morgan fingerprint density at radius 2 is 2.17 bits per heavy atom. The van der Waals surface area contributed by atoms with Crippen LogP contribution >= 0.6 is 0 Å². The predicted octanol–water partition coefficient (Wildman–Crippen LogP) is 1.48. The van der Waals surface area contributed by atoms with Crippen molar-refractivity contribution in [2.24, 2.45) is 0 Å². The van der Waals surface area contributed by atoms with Crippen molar-refractivity contribution in [3.05, 3.63) is 40.8 Å². The molecule has 0 fully saturated rings. The molecule has 0 unspecified atom stereocenters. The van der Waals surface area contributed by atoms with Crippen molar-refractivity contribution in [3.8, 4) is 5.75 Å². The van der Waals surface area contributed by atoms with E-state index in [9.17, 15) is 9.59 Å². The number of fused-ring (bicyclic) bond motifs is 1. The molecular weight excluding hydrogens is 234 g/mol. The van der Waals surface area contributed by atoms with Crippen molar-refractivity contribution >= 4 is 16.7 Å². The van der Waals surface area contributed by atoms with Gasteiger partial charge in [-0.3, -0.25) is 9.59 Å². The van der Waals surface area contributed by atoms with Crippen LogP contribution in [0, 0.1) is 0 Å². The van der Waals surface area contributed by atoms with Crippen molar-refractivity contribution < 1.29 is 14.6 Å². The molecule has 1 aromatic carbocycles. The van der Waals surface area contributed by atoms with E-state index in [1.165, 1.54) is 4.57 Å². The van der Waals surface area contributed by atoms with Crippen LogP contribution in [0.15, 0.2) is 35.3 Å². The van der Waals surface area contributed by atoms with Crippen LogP contribution in [0.25, 0.3) is 10.8 Å². The summed E-state index contributed by atoms with van der Waals surface area (Å²) in [5.41, 5.74) is -0.184. The highest BCUT2D eigenvalue weighted by atomic mass is 16.5. The molecule has 1 N–H and O–H groups in total. The molecule has 0 aliphatic heterocycles. The molecule has 0 atom stereocenters. The van der Waals surface area contributed by atoms with Crippen LogP contribution in [-0.2, 0) is 11.3 Å². The average molecular weight is 247 g/mol. The lowest BCUT2D eigenvalue weighted by atomic mass is 10.1. The van der Waals surface area contributed by atoms with Gasteiger partial charge in [0.2, 0.25) is 0 Å². The first-order valence-electron chi connectivity index (χ1n) is 5.51. The number of carboxylic acid groups (broad SMARTS) is 1. The number of pyridine rings is 1. The largest absolute Gasteiger partial charge is 0.497 e. The smallest absolute Gasteiger partial charge is 0.305 e. The standard InChI is InChI=1S/C13H13NO4/c1-18-10-2-3-11-9(8-10)4-6-14(13(11)17)7-5-12(15)16/h2-4,6,8H,5,7H2,1H3,(H,15,16). The van der Waals surface area contributed by atoms with Gasteiger partial charge in [0.1, 0.15) is 5.75 Å². The highest BCUT2D eigenvalue weighted by Crippen LogP contribution is 2.17. The number of carboxylic acids is 1. The molecule has 0 saturated heterocycles. The SMILES string of the molecule is COc1ccc2c(=O)n(CCC(=O)O)ccc2c1. The molecule has 0 radical (unpaired) electrons. The van der Waals surface area contributed by atoms with Gasteiger partial charge in [-0.1, -0.05) is 0 Å². The van der Waals surface area contributed by atoms with Crippen LogP contribution in [0.5, 0.6) is 5.75 Å². The number of nitrogens with zero attached hydrogens (tertiary/aromatic N) is 1. The molecule has 0 aliphatic rings. The molecule has 1 aromatic heterocycles. The van der Waals surface area contributed by atoms with Crippen molar-refractivity contribution in [1.82, 2.24) is 4.57 Å². The lowest BCUT2D eigenvalue weighted by Gasteiger charge is -2.06. The van der Waals surface area contributed by atoms with Crippen LogP contribution in [0.1, 0.15) is 6.42 Å². The van der Waals surface area contributed by atoms with E-state index in [1.807, 2.05) is 0 Å². The second kappa shape index (κ2) is 4.91. The summed E-state index contributed by atoms with van der Waals surface area (Å²) in [4.78, 5) is 22.6. The van der Waals surface area contributed by atoms with Gasteiger partial charge in [0.25, 0.3) is 5.56 Å². The maximum atomic E-state index is 12.1. The monoisotopic (exact) mass is 247 g/mol. The molecule has 0 aliphatic carbocycles. The lowest BCUT2D eigenvalue weighted by molar-refractivity contribution is -0.137. The summed E-state index contributed by atoms with van der Waals surface area (Å²) in [6.45, 7) is 0.177. The number of carbonyl (C=O) groups is 1. The minimum atomic E-state index is -0.920. The summed E-state index contributed by atoms with van der Waals surface area (Å²) in [7, 11) is 1.56. The average Bonchev–Trinajstić information content (AvgIpc) is 2.37. The third-order valence-corrected chi connectivity index (χ3v) is 2.75. The van der Waals surface area contributed by atoms with E-state index in [4.69, 9.17) is 9.84 Å². The first-order valence-corrected chi connectivity index (χ1v) is 5.51. The van der Waals surface area contributed by atoms with E-state index in [-0.39, 0.29) is 18.5 Å². The Kier molecular flexibility index (Phi) is 3.32. The number of aromatic nitrogens is 1. The van der Waals surface area contributed by atoms with E-state index >= 15 is 0 Å². The number of hydrogen-bond acceptors (Lipinski definition) is 3. The second-order valence-electron chi connectivity index (χ2n) is 3.91. The Balaban J connectivity index is 2.44. The zero-order valence-corrected chi connectivity index (χ0v) is 9.92. The molecule has 94 valence electrons. The van der Waals surface area contributed by atoms with Crippen LogP contribution in [-0.4, -0.2) is 22.8 Å². The van der Waals surface area contributed by atoms with Crippen molar-refractivity contribution in [2.75, 3.05) is 7.11 Å². The zero-order chi connectivity index (χ0) is 13.1. The highest BCUT2D eigenvalue weighted by molar-refractivity contribution is 5.82. The van der Waals surface area contributed by atoms with Gasteiger partial charge >= 0.3 is 5.97 Å². The number of hydrogen-bond donors (Lipinski definition) is 1. The molecule has 0 saturated carbocycles. The molecule has 5 nitrogen and oxygen atoms in total. The number of rotatable bonds is 4. The van der Waals surface area contributed by atoms with Gasteiger partial charge < -0.3 is 14.4 Å². The van der Waals surface area contributed by atoms with E-state index in [1.54, 1.807) is 37.6 Å². The summed E-state index contributed by atoms with van der Waals surface area (Å²) in [6.07, 6.45) is 1.54. The van der Waals surface area contributed by atoms with Crippen LogP contribution in [0.2, 0.25) is 0 Å². The molecule has 2 rings (SSSR count). The van der Waals surface area contributed by atoms with E-state index in [2.05, 4.69) is 0 Å². The number of ether oxygens (including phenoxy) is 1. The Bertz CT molecular complexity index is 645. The molecule has 0 bridgehead atoms. The maximum absolute atomic E-state index is 12.1. The fourth-order valence-corrected chi connectivity index (χ4v) is 1.79. The Hall–Kier alpha value is -2.30. The van der Waals surface area contributed by atoms with Gasteiger partial charge in [-0.15, -0.1) is 0 Å². The lowest BCUT2D eigenvalue weighted by Crippen LogP contribution is -2.20. The first-order chi connectivity index (χ1) is 8.61.